The third kappa shape index (κ3) is 2.03. The van der Waals surface area contributed by atoms with E-state index in [0.29, 0.717) is 0 Å². The lowest BCUT2D eigenvalue weighted by molar-refractivity contribution is -0.131. The van der Waals surface area contributed by atoms with E-state index in [9.17, 15) is 22.8 Å². The topological polar surface area (TPSA) is 49.4 Å². The maximum Gasteiger partial charge on any atom is 0.250 e. The highest BCUT2D eigenvalue weighted by Gasteiger charge is 2.43. The van der Waals surface area contributed by atoms with Crippen LogP contribution in [0.15, 0.2) is 12.1 Å². The van der Waals surface area contributed by atoms with E-state index in [1.165, 1.54) is 0 Å². The molecule has 2 aliphatic rings. The molecular formula is C13H11F3N2O2. The minimum atomic E-state index is -1.65. The van der Waals surface area contributed by atoms with E-state index in [1.807, 2.05) is 0 Å². The molecule has 1 unspecified atom stereocenters. The Labute approximate surface area is 112 Å². The second kappa shape index (κ2) is 4.50. The summed E-state index contributed by atoms with van der Waals surface area (Å²) in [7, 11) is 0. The Bertz CT molecular complexity index is 602. The van der Waals surface area contributed by atoms with Crippen molar-refractivity contribution in [3.8, 4) is 0 Å². The minimum absolute atomic E-state index is 0.0441. The first-order valence-corrected chi connectivity index (χ1v) is 6.23. The number of nitrogens with one attached hydrogen (secondary N) is 1. The van der Waals surface area contributed by atoms with Crippen molar-refractivity contribution in [2.75, 3.05) is 11.4 Å². The molecule has 0 radical (unpaired) electrons. The van der Waals surface area contributed by atoms with Gasteiger partial charge in [-0.15, -0.1) is 0 Å². The molecule has 1 saturated heterocycles. The molecule has 1 heterocycles. The Kier molecular flexibility index (Phi) is 2.92. The highest BCUT2D eigenvalue weighted by Crippen LogP contribution is 2.35. The molecule has 106 valence electrons. The summed E-state index contributed by atoms with van der Waals surface area (Å²) in [5, 5.41) is 2.55. The quantitative estimate of drug-likeness (QED) is 0.833. The van der Waals surface area contributed by atoms with Gasteiger partial charge in [-0.2, -0.15) is 0 Å². The van der Waals surface area contributed by atoms with Crippen LogP contribution < -0.4 is 10.2 Å². The molecule has 20 heavy (non-hydrogen) atoms. The van der Waals surface area contributed by atoms with Crippen LogP contribution in [0.5, 0.6) is 0 Å². The van der Waals surface area contributed by atoms with Gasteiger partial charge in [-0.25, -0.2) is 13.2 Å². The fraction of sp³-hybridized carbons (Fsp3) is 0.385. The van der Waals surface area contributed by atoms with E-state index in [4.69, 9.17) is 0 Å². The highest BCUT2D eigenvalue weighted by atomic mass is 19.2. The summed E-state index contributed by atoms with van der Waals surface area (Å²) in [6, 6.07) is 0.997. The van der Waals surface area contributed by atoms with Crippen LogP contribution in [0.3, 0.4) is 0 Å². The molecule has 3 rings (SSSR count). The number of amides is 2. The van der Waals surface area contributed by atoms with Crippen LogP contribution in [0.2, 0.25) is 0 Å². The molecule has 1 N–H and O–H groups in total. The molecule has 4 nitrogen and oxygen atoms in total. The Balaban J connectivity index is 1.97. The molecule has 2 fully saturated rings. The van der Waals surface area contributed by atoms with Crippen molar-refractivity contribution in [1.82, 2.24) is 5.32 Å². The van der Waals surface area contributed by atoms with Crippen molar-refractivity contribution in [2.45, 2.75) is 18.9 Å². The number of piperazine rings is 1. The Morgan fingerprint density at radius 2 is 1.80 bits per heavy atom. The minimum Gasteiger partial charge on any atom is -0.342 e. The summed E-state index contributed by atoms with van der Waals surface area (Å²) in [6.45, 7) is -0.399. The number of carbonyl (C=O) groups is 2. The van der Waals surface area contributed by atoms with Gasteiger partial charge in [0, 0.05) is 0 Å². The molecule has 1 aliphatic carbocycles. The van der Waals surface area contributed by atoms with Gasteiger partial charge in [0.15, 0.2) is 17.5 Å². The molecule has 1 aliphatic heterocycles. The Morgan fingerprint density at radius 1 is 1.10 bits per heavy atom. The summed E-state index contributed by atoms with van der Waals surface area (Å²) in [5.41, 5.74) is -0.408. The van der Waals surface area contributed by atoms with Crippen LogP contribution in [-0.2, 0) is 9.59 Å². The van der Waals surface area contributed by atoms with Crippen LogP contribution in [0, 0.1) is 23.4 Å². The summed E-state index contributed by atoms with van der Waals surface area (Å²) in [4.78, 5) is 24.7. The fourth-order valence-corrected chi connectivity index (χ4v) is 2.35. The molecule has 0 bridgehead atoms. The van der Waals surface area contributed by atoms with E-state index in [2.05, 4.69) is 5.32 Å². The first-order chi connectivity index (χ1) is 9.49. The molecule has 1 saturated carbocycles. The zero-order valence-corrected chi connectivity index (χ0v) is 10.3. The normalized spacial score (nSPS) is 22.9. The molecule has 1 atom stereocenters. The van der Waals surface area contributed by atoms with Gasteiger partial charge in [0.1, 0.15) is 12.6 Å². The van der Waals surface area contributed by atoms with Gasteiger partial charge in [-0.1, -0.05) is 0 Å². The van der Waals surface area contributed by atoms with E-state index >= 15 is 0 Å². The van der Waals surface area contributed by atoms with E-state index in [0.717, 1.165) is 29.9 Å². The lowest BCUT2D eigenvalue weighted by atomic mass is 10.1. The number of anilines is 1. The molecule has 2 amide bonds. The summed E-state index contributed by atoms with van der Waals surface area (Å²) < 4.78 is 39.9. The van der Waals surface area contributed by atoms with Crippen molar-refractivity contribution >= 4 is 17.5 Å². The SMILES string of the molecule is O=C1CN(c2ccc(F)c(F)c2F)C(=O)C(C2CC2)N1. The number of halogens is 3. The monoisotopic (exact) mass is 284 g/mol. The summed E-state index contributed by atoms with van der Waals surface area (Å²) >= 11 is 0. The number of hydrogen-bond acceptors (Lipinski definition) is 2. The fourth-order valence-electron chi connectivity index (χ4n) is 2.35. The standard InChI is InChI=1S/C13H11F3N2O2/c14-7-3-4-8(11(16)10(7)15)18-5-9(19)17-12(13(18)20)6-1-2-6/h3-4,6,12H,1-2,5H2,(H,17,19). The third-order valence-corrected chi connectivity index (χ3v) is 3.55. The molecule has 0 aromatic heterocycles. The van der Waals surface area contributed by atoms with E-state index in [-0.39, 0.29) is 5.92 Å². The zero-order valence-electron chi connectivity index (χ0n) is 10.3. The van der Waals surface area contributed by atoms with Gasteiger partial charge in [0.05, 0.1) is 5.69 Å². The van der Waals surface area contributed by atoms with Gasteiger partial charge in [-0.3, -0.25) is 14.5 Å². The van der Waals surface area contributed by atoms with E-state index in [1.54, 1.807) is 0 Å². The predicted molar refractivity (Wildman–Crippen MR) is 63.3 cm³/mol. The maximum absolute atomic E-state index is 13.8. The van der Waals surface area contributed by atoms with Gasteiger partial charge in [-0.05, 0) is 30.9 Å². The zero-order chi connectivity index (χ0) is 14.4. The summed E-state index contributed by atoms with van der Waals surface area (Å²) in [5.74, 6) is -5.32. The molecular weight excluding hydrogens is 273 g/mol. The van der Waals surface area contributed by atoms with Crippen molar-refractivity contribution in [3.63, 3.8) is 0 Å². The van der Waals surface area contributed by atoms with Crippen LogP contribution in [-0.4, -0.2) is 24.4 Å². The van der Waals surface area contributed by atoms with Crippen molar-refractivity contribution in [3.05, 3.63) is 29.6 Å². The second-order valence-corrected chi connectivity index (χ2v) is 5.00. The lowest BCUT2D eigenvalue weighted by Gasteiger charge is -2.32. The molecule has 7 heteroatoms. The molecule has 1 aromatic rings. The van der Waals surface area contributed by atoms with Gasteiger partial charge in [0.2, 0.25) is 11.8 Å². The maximum atomic E-state index is 13.8. The second-order valence-electron chi connectivity index (χ2n) is 5.00. The van der Waals surface area contributed by atoms with Crippen molar-refractivity contribution in [2.24, 2.45) is 5.92 Å². The first kappa shape index (κ1) is 13.0. The average Bonchev–Trinajstić information content (AvgIpc) is 3.23. The number of rotatable bonds is 2. The number of hydrogen-bond donors (Lipinski definition) is 1. The van der Waals surface area contributed by atoms with Crippen molar-refractivity contribution < 1.29 is 22.8 Å². The number of benzene rings is 1. The van der Waals surface area contributed by atoms with Crippen molar-refractivity contribution in [1.29, 1.82) is 0 Å². The molecule has 0 spiro atoms. The number of nitrogens with zero attached hydrogens (tertiary/aromatic N) is 1. The smallest absolute Gasteiger partial charge is 0.250 e. The van der Waals surface area contributed by atoms with Crippen LogP contribution in [0.4, 0.5) is 18.9 Å². The van der Waals surface area contributed by atoms with Crippen LogP contribution >= 0.6 is 0 Å². The largest absolute Gasteiger partial charge is 0.342 e. The first-order valence-electron chi connectivity index (χ1n) is 6.23. The average molecular weight is 284 g/mol. The van der Waals surface area contributed by atoms with Crippen LogP contribution in [0.25, 0.3) is 0 Å². The number of carbonyl (C=O) groups excluding carboxylic acids is 2. The van der Waals surface area contributed by atoms with Gasteiger partial charge < -0.3 is 5.32 Å². The Hall–Kier alpha value is -2.05. The van der Waals surface area contributed by atoms with Gasteiger partial charge >= 0.3 is 0 Å². The Morgan fingerprint density at radius 3 is 2.45 bits per heavy atom. The summed E-state index contributed by atoms with van der Waals surface area (Å²) in [6.07, 6.45) is 1.62. The van der Waals surface area contributed by atoms with Gasteiger partial charge in [0.25, 0.3) is 0 Å². The van der Waals surface area contributed by atoms with Crippen LogP contribution in [0.1, 0.15) is 12.8 Å². The molecule has 1 aromatic carbocycles. The third-order valence-electron chi connectivity index (χ3n) is 3.55. The predicted octanol–water partition coefficient (Wildman–Crippen LogP) is 1.35. The lowest BCUT2D eigenvalue weighted by Crippen LogP contribution is -2.59. The van der Waals surface area contributed by atoms with E-state index < -0.39 is 47.5 Å². The highest BCUT2D eigenvalue weighted by molar-refractivity contribution is 6.06.